The van der Waals surface area contributed by atoms with Gasteiger partial charge in [-0.05, 0) is 98.2 Å². The number of allylic oxidation sites excluding steroid dienone is 12. The molecular formula is C40H39N3. The van der Waals surface area contributed by atoms with E-state index < -0.39 is 0 Å². The number of pyridine rings is 1. The third-order valence-electron chi connectivity index (χ3n) is 9.34. The Morgan fingerprint density at radius 3 is 2.47 bits per heavy atom. The summed E-state index contributed by atoms with van der Waals surface area (Å²) in [4.78, 5) is 4.37. The van der Waals surface area contributed by atoms with Crippen LogP contribution in [0.4, 0.5) is 0 Å². The summed E-state index contributed by atoms with van der Waals surface area (Å²) >= 11 is 0. The fraction of sp³-hybridized carbons (Fsp3) is 0.225. The molecule has 3 aliphatic rings. The van der Waals surface area contributed by atoms with Gasteiger partial charge in [0.05, 0.1) is 16.7 Å². The number of hydrogen-bond donors (Lipinski definition) is 0. The van der Waals surface area contributed by atoms with Gasteiger partial charge in [0.15, 0.2) is 0 Å². The predicted molar refractivity (Wildman–Crippen MR) is 186 cm³/mol. The van der Waals surface area contributed by atoms with Gasteiger partial charge in [-0.1, -0.05) is 75.1 Å². The van der Waals surface area contributed by atoms with Crippen molar-refractivity contribution in [3.8, 4) is 5.69 Å². The first kappa shape index (κ1) is 27.2. The number of fused-ring (bicyclic) bond motifs is 7. The monoisotopic (exact) mass is 561 g/mol. The Hall–Kier alpha value is -4.63. The van der Waals surface area contributed by atoms with Gasteiger partial charge < -0.3 is 9.13 Å². The van der Waals surface area contributed by atoms with E-state index in [1.165, 1.54) is 61.0 Å². The highest BCUT2D eigenvalue weighted by molar-refractivity contribution is 6.20. The highest BCUT2D eigenvalue weighted by Crippen LogP contribution is 2.57. The molecule has 0 saturated carbocycles. The number of benzene rings is 1. The molecule has 0 spiro atoms. The molecule has 7 rings (SSSR count). The lowest BCUT2D eigenvalue weighted by atomic mass is 9.79. The molecule has 3 aromatic heterocycles. The molecule has 1 aromatic carbocycles. The summed E-state index contributed by atoms with van der Waals surface area (Å²) in [6.45, 7) is 13.4. The van der Waals surface area contributed by atoms with Crippen LogP contribution in [-0.4, -0.2) is 14.1 Å². The van der Waals surface area contributed by atoms with Gasteiger partial charge in [-0.15, -0.1) is 0 Å². The van der Waals surface area contributed by atoms with Gasteiger partial charge >= 0.3 is 0 Å². The van der Waals surface area contributed by atoms with Gasteiger partial charge in [-0.3, -0.25) is 4.98 Å². The minimum Gasteiger partial charge on any atom is -0.313 e. The molecule has 0 radical (unpaired) electrons. The summed E-state index contributed by atoms with van der Waals surface area (Å²) in [5, 5.41) is 2.64. The zero-order chi connectivity index (χ0) is 29.7. The Kier molecular flexibility index (Phi) is 6.69. The summed E-state index contributed by atoms with van der Waals surface area (Å²) in [7, 11) is 0. The fourth-order valence-corrected chi connectivity index (χ4v) is 7.64. The zero-order valence-electron chi connectivity index (χ0n) is 25.7. The maximum Gasteiger partial charge on any atom is 0.0638 e. The van der Waals surface area contributed by atoms with Crippen molar-refractivity contribution in [2.45, 2.75) is 58.8 Å². The fourth-order valence-electron chi connectivity index (χ4n) is 7.64. The average Bonchev–Trinajstić information content (AvgIpc) is 3.64. The van der Waals surface area contributed by atoms with Crippen LogP contribution < -0.4 is 0 Å². The van der Waals surface area contributed by atoms with Crippen molar-refractivity contribution in [2.24, 2.45) is 0 Å². The van der Waals surface area contributed by atoms with Gasteiger partial charge in [-0.25, -0.2) is 0 Å². The van der Waals surface area contributed by atoms with Crippen LogP contribution in [0.15, 0.2) is 97.4 Å². The largest absolute Gasteiger partial charge is 0.313 e. The second-order valence-corrected chi connectivity index (χ2v) is 12.2. The molecule has 43 heavy (non-hydrogen) atoms. The van der Waals surface area contributed by atoms with E-state index in [4.69, 9.17) is 0 Å². The molecule has 3 aliphatic carbocycles. The van der Waals surface area contributed by atoms with Gasteiger partial charge in [0.2, 0.25) is 0 Å². The predicted octanol–water partition coefficient (Wildman–Crippen LogP) is 10.8. The van der Waals surface area contributed by atoms with Crippen molar-refractivity contribution in [1.29, 1.82) is 0 Å². The Morgan fingerprint density at radius 2 is 1.74 bits per heavy atom. The van der Waals surface area contributed by atoms with E-state index >= 15 is 0 Å². The van der Waals surface area contributed by atoms with E-state index in [2.05, 4.69) is 133 Å². The molecule has 0 saturated heterocycles. The zero-order valence-corrected chi connectivity index (χ0v) is 25.7. The Labute approximate surface area is 254 Å². The van der Waals surface area contributed by atoms with Crippen molar-refractivity contribution >= 4 is 51.3 Å². The van der Waals surface area contributed by atoms with Crippen LogP contribution in [0.1, 0.15) is 81.5 Å². The van der Waals surface area contributed by atoms with Crippen LogP contribution in [0.5, 0.6) is 0 Å². The molecule has 0 N–H and O–H groups in total. The number of nitrogens with zero attached hydrogens (tertiary/aromatic N) is 3. The second kappa shape index (κ2) is 10.6. The van der Waals surface area contributed by atoms with Crippen molar-refractivity contribution in [3.63, 3.8) is 0 Å². The van der Waals surface area contributed by atoms with E-state index in [9.17, 15) is 0 Å². The van der Waals surface area contributed by atoms with E-state index in [1.807, 2.05) is 18.5 Å². The van der Waals surface area contributed by atoms with E-state index in [0.717, 1.165) is 37.1 Å². The molecule has 0 amide bonds. The van der Waals surface area contributed by atoms with Crippen LogP contribution in [-0.2, 0) is 5.41 Å². The standard InChI is InChI=1S/C40H39N3/c1-6-9-11-19-29-26-32-35-30-20-14-15-21-33(30)40(4,5)37(35)39-36(38(32)42(29)27-17-12-10-13-18-27)31(16-7-2)34(8-3)43(39)28-22-24-41-25-23-28/h6-12,15-17,19,21-26H,3,13-14,18,20H2,1-2,4-5H3/b9-6-,16-7-,19-11-. The number of aromatic nitrogens is 3. The Morgan fingerprint density at radius 1 is 0.930 bits per heavy atom. The molecule has 3 heterocycles. The summed E-state index contributed by atoms with van der Waals surface area (Å²) in [5.41, 5.74) is 14.2. The average molecular weight is 562 g/mol. The maximum absolute atomic E-state index is 4.37. The van der Waals surface area contributed by atoms with Crippen molar-refractivity contribution in [2.75, 3.05) is 0 Å². The van der Waals surface area contributed by atoms with Crippen molar-refractivity contribution in [3.05, 3.63) is 126 Å². The molecule has 0 unspecified atom stereocenters. The lowest BCUT2D eigenvalue weighted by Gasteiger charge is -2.26. The lowest BCUT2D eigenvalue weighted by Crippen LogP contribution is -2.18. The van der Waals surface area contributed by atoms with Crippen molar-refractivity contribution in [1.82, 2.24) is 14.1 Å². The smallest absolute Gasteiger partial charge is 0.0638 e. The van der Waals surface area contributed by atoms with Gasteiger partial charge in [0.25, 0.3) is 0 Å². The Balaban J connectivity index is 1.79. The molecular weight excluding hydrogens is 522 g/mol. The third-order valence-corrected chi connectivity index (χ3v) is 9.34. The molecule has 3 heteroatoms. The van der Waals surface area contributed by atoms with E-state index in [1.54, 1.807) is 0 Å². The molecule has 0 aliphatic heterocycles. The first-order valence-electron chi connectivity index (χ1n) is 15.5. The van der Waals surface area contributed by atoms with Gasteiger partial charge in [-0.2, -0.15) is 0 Å². The molecule has 0 bridgehead atoms. The minimum atomic E-state index is -0.154. The normalized spacial score (nSPS) is 17.7. The molecule has 214 valence electrons. The topological polar surface area (TPSA) is 22.8 Å². The summed E-state index contributed by atoms with van der Waals surface area (Å²) in [5.74, 6) is 0. The van der Waals surface area contributed by atoms with Crippen LogP contribution in [0.2, 0.25) is 0 Å². The molecule has 3 nitrogen and oxygen atoms in total. The van der Waals surface area contributed by atoms with Crippen LogP contribution in [0.25, 0.3) is 57.0 Å². The quantitative estimate of drug-likeness (QED) is 0.215. The molecule has 4 aromatic rings. The maximum atomic E-state index is 4.37. The van der Waals surface area contributed by atoms with Gasteiger partial charge in [0.1, 0.15) is 0 Å². The molecule has 0 fully saturated rings. The number of rotatable bonds is 6. The highest BCUT2D eigenvalue weighted by atomic mass is 15.0. The van der Waals surface area contributed by atoms with Crippen molar-refractivity contribution < 1.29 is 0 Å². The summed E-state index contributed by atoms with van der Waals surface area (Å²) < 4.78 is 4.99. The lowest BCUT2D eigenvalue weighted by molar-refractivity contribution is 0.655. The first-order valence-corrected chi connectivity index (χ1v) is 15.5. The second-order valence-electron chi connectivity index (χ2n) is 12.2. The van der Waals surface area contributed by atoms with Crippen LogP contribution in [0, 0.1) is 0 Å². The molecule has 0 atom stereocenters. The van der Waals surface area contributed by atoms with E-state index in [-0.39, 0.29) is 5.41 Å². The van der Waals surface area contributed by atoms with E-state index in [0.29, 0.717) is 0 Å². The van der Waals surface area contributed by atoms with Gasteiger partial charge in [0, 0.05) is 51.2 Å². The Bertz CT molecular complexity index is 2010. The summed E-state index contributed by atoms with van der Waals surface area (Å²) in [6, 6.07) is 6.70. The minimum absolute atomic E-state index is 0.154. The third kappa shape index (κ3) is 3.98. The summed E-state index contributed by atoms with van der Waals surface area (Å²) in [6.07, 6.45) is 34.7. The highest BCUT2D eigenvalue weighted by Gasteiger charge is 2.42. The first-order chi connectivity index (χ1) is 21.0. The van der Waals surface area contributed by atoms with Crippen LogP contribution in [0.3, 0.4) is 0 Å². The number of hydrogen-bond acceptors (Lipinski definition) is 1. The SMILES string of the molecule is C=Cc1c(/C=C\C)c2c3c(cc(/C=C\C=C/C)n3C3=CC=CCC3)c3c(c2n1-c1ccncc1)C(C)(C)C1=C3CCC=C1. The van der Waals surface area contributed by atoms with Crippen LogP contribution >= 0.6 is 0 Å².